The lowest BCUT2D eigenvalue weighted by Gasteiger charge is -2.13. The maximum Gasteiger partial charge on any atom is 0.341 e. The van der Waals surface area contributed by atoms with Crippen LogP contribution in [0.1, 0.15) is 18.2 Å². The zero-order valence-electron chi connectivity index (χ0n) is 20.1. The highest BCUT2D eigenvalue weighted by molar-refractivity contribution is 5.86. The number of nitrogens with one attached hydrogen (secondary N) is 1. The number of fused-ring (bicyclic) bond motifs is 1. The number of carboxylic acid groups (broad SMARTS) is 1. The van der Waals surface area contributed by atoms with Crippen molar-refractivity contribution in [3.8, 4) is 28.8 Å². The van der Waals surface area contributed by atoms with E-state index in [1.165, 1.54) is 13.3 Å². The number of hydrogen-bond acceptors (Lipinski definition) is 7. The smallest absolute Gasteiger partial charge is 0.341 e. The number of aromatic nitrogens is 3. The van der Waals surface area contributed by atoms with Crippen LogP contribution in [0.15, 0.2) is 42.7 Å². The first kappa shape index (κ1) is 25.4. The van der Waals surface area contributed by atoms with Gasteiger partial charge in [0, 0.05) is 36.2 Å². The number of carbonyl (C=O) groups is 1. The van der Waals surface area contributed by atoms with Crippen molar-refractivity contribution in [2.75, 3.05) is 25.1 Å². The van der Waals surface area contributed by atoms with E-state index >= 15 is 0 Å². The largest absolute Gasteiger partial charge is 0.490 e. The number of anilines is 1. The van der Waals surface area contributed by atoms with E-state index in [-0.39, 0.29) is 5.56 Å². The molecule has 2 heterocycles. The lowest BCUT2D eigenvalue weighted by Crippen LogP contribution is -2.13. The zero-order valence-corrected chi connectivity index (χ0v) is 20.1. The Balaban J connectivity index is 1.52. The first-order chi connectivity index (χ1) is 17.8. The van der Waals surface area contributed by atoms with Crippen LogP contribution >= 0.6 is 0 Å². The van der Waals surface area contributed by atoms with E-state index in [0.717, 1.165) is 6.07 Å². The highest BCUT2D eigenvalue weighted by Crippen LogP contribution is 2.33. The van der Waals surface area contributed by atoms with Crippen LogP contribution in [0.4, 0.5) is 14.6 Å². The van der Waals surface area contributed by atoms with Gasteiger partial charge in [-0.05, 0) is 43.7 Å². The van der Waals surface area contributed by atoms with Gasteiger partial charge in [-0.1, -0.05) is 0 Å². The molecule has 0 fully saturated rings. The topological polar surface area (TPSA) is 122 Å². The molecule has 2 N–H and O–H groups in total. The molecule has 0 saturated heterocycles. The van der Waals surface area contributed by atoms with Crippen molar-refractivity contribution in [3.63, 3.8) is 0 Å². The maximum absolute atomic E-state index is 14.0. The van der Waals surface area contributed by atoms with Gasteiger partial charge in [0.2, 0.25) is 0 Å². The molecule has 0 aliphatic heterocycles. The molecule has 2 aromatic heterocycles. The van der Waals surface area contributed by atoms with E-state index < -0.39 is 24.2 Å². The standard InChI is InChI=1S/C26H23F2N5O4/c1-3-36-23-8-16(4-5-22(23)37-13-25(34)35)20-11-24(32-14-31-20)30-6-7-33-17(12-29)9-18-15(2)26(28)19(27)10-21(18)33/h4-5,8-11,14H,3,6-7,13H2,1-2H3,(H,34,35)(H,30,31,32). The van der Waals surface area contributed by atoms with Crippen molar-refractivity contribution < 1.29 is 28.2 Å². The van der Waals surface area contributed by atoms with Crippen LogP contribution in [0.25, 0.3) is 22.2 Å². The average molecular weight is 507 g/mol. The predicted molar refractivity (Wildman–Crippen MR) is 132 cm³/mol. The van der Waals surface area contributed by atoms with E-state index in [1.54, 1.807) is 41.8 Å². The fraction of sp³-hybridized carbons (Fsp3) is 0.231. The second-order valence-corrected chi connectivity index (χ2v) is 8.02. The Labute approximate surface area is 210 Å². The van der Waals surface area contributed by atoms with Crippen LogP contribution in [-0.4, -0.2) is 45.4 Å². The van der Waals surface area contributed by atoms with E-state index in [9.17, 15) is 18.8 Å². The number of aryl methyl sites for hydroxylation is 1. The van der Waals surface area contributed by atoms with Gasteiger partial charge in [0.1, 0.15) is 23.9 Å². The van der Waals surface area contributed by atoms with Gasteiger partial charge in [-0.15, -0.1) is 0 Å². The number of benzene rings is 2. The van der Waals surface area contributed by atoms with Crippen molar-refractivity contribution in [1.29, 1.82) is 5.26 Å². The van der Waals surface area contributed by atoms with E-state index in [4.69, 9.17) is 14.6 Å². The number of nitrogens with zero attached hydrogens (tertiary/aromatic N) is 4. The fourth-order valence-corrected chi connectivity index (χ4v) is 3.94. The number of carboxylic acids is 1. The van der Waals surface area contributed by atoms with Gasteiger partial charge >= 0.3 is 5.97 Å². The van der Waals surface area contributed by atoms with Crippen molar-refractivity contribution in [2.24, 2.45) is 0 Å². The van der Waals surface area contributed by atoms with Gasteiger partial charge in [0.05, 0.1) is 17.8 Å². The molecule has 11 heteroatoms. The van der Waals surface area contributed by atoms with Crippen molar-refractivity contribution in [3.05, 3.63) is 65.6 Å². The van der Waals surface area contributed by atoms with E-state index in [0.29, 0.717) is 64.9 Å². The summed E-state index contributed by atoms with van der Waals surface area (Å²) in [6.07, 6.45) is 1.39. The fourth-order valence-electron chi connectivity index (χ4n) is 3.94. The minimum atomic E-state index is -1.10. The van der Waals surface area contributed by atoms with Gasteiger partial charge in [0.15, 0.2) is 29.7 Å². The summed E-state index contributed by atoms with van der Waals surface area (Å²) in [5.74, 6) is -1.78. The first-order valence-electron chi connectivity index (χ1n) is 11.4. The average Bonchev–Trinajstić information content (AvgIpc) is 3.24. The summed E-state index contributed by atoms with van der Waals surface area (Å²) in [5, 5.41) is 22.0. The molecule has 0 unspecified atom stereocenters. The normalized spacial score (nSPS) is 10.8. The van der Waals surface area contributed by atoms with Crippen LogP contribution in [0.5, 0.6) is 11.5 Å². The Morgan fingerprint density at radius 2 is 1.97 bits per heavy atom. The molecule has 0 radical (unpaired) electrons. The summed E-state index contributed by atoms with van der Waals surface area (Å²) in [5.41, 5.74) is 2.17. The Bertz CT molecular complexity index is 1510. The molecule has 0 bridgehead atoms. The van der Waals surface area contributed by atoms with Gasteiger partial charge in [0.25, 0.3) is 0 Å². The Kier molecular flexibility index (Phi) is 7.48. The number of hydrogen-bond donors (Lipinski definition) is 2. The second-order valence-electron chi connectivity index (χ2n) is 8.02. The molecule has 0 amide bonds. The quantitative estimate of drug-likeness (QED) is 0.321. The molecule has 37 heavy (non-hydrogen) atoms. The zero-order chi connectivity index (χ0) is 26.5. The van der Waals surface area contributed by atoms with Crippen LogP contribution < -0.4 is 14.8 Å². The molecule has 0 spiro atoms. The number of ether oxygens (including phenoxy) is 2. The first-order valence-corrected chi connectivity index (χ1v) is 11.4. The summed E-state index contributed by atoms with van der Waals surface area (Å²) in [4.78, 5) is 19.4. The minimum absolute atomic E-state index is 0.157. The van der Waals surface area contributed by atoms with E-state index in [2.05, 4.69) is 21.4 Å². The molecule has 4 aromatic rings. The second kappa shape index (κ2) is 10.9. The molecule has 0 aliphatic rings. The number of halogens is 2. The molecule has 2 aromatic carbocycles. The summed E-state index contributed by atoms with van der Waals surface area (Å²) in [6, 6.07) is 11.5. The Morgan fingerprint density at radius 1 is 1.16 bits per heavy atom. The van der Waals surface area contributed by atoms with Crippen molar-refractivity contribution in [2.45, 2.75) is 20.4 Å². The summed E-state index contributed by atoms with van der Waals surface area (Å²) in [7, 11) is 0. The van der Waals surface area contributed by atoms with E-state index in [1.807, 2.05) is 0 Å². The van der Waals surface area contributed by atoms with Crippen LogP contribution in [-0.2, 0) is 11.3 Å². The Morgan fingerprint density at radius 3 is 2.70 bits per heavy atom. The van der Waals surface area contributed by atoms with Gasteiger partial charge in [-0.25, -0.2) is 23.5 Å². The molecule has 9 nitrogen and oxygen atoms in total. The third-order valence-corrected chi connectivity index (χ3v) is 5.66. The van der Waals surface area contributed by atoms with Crippen molar-refractivity contribution >= 4 is 22.7 Å². The molecule has 0 saturated carbocycles. The van der Waals surface area contributed by atoms with Crippen LogP contribution in [0, 0.1) is 29.9 Å². The lowest BCUT2D eigenvalue weighted by atomic mass is 10.1. The summed E-state index contributed by atoms with van der Waals surface area (Å²) >= 11 is 0. The predicted octanol–water partition coefficient (Wildman–Crippen LogP) is 4.53. The number of rotatable bonds is 10. The number of nitriles is 1. The maximum atomic E-state index is 14.0. The van der Waals surface area contributed by atoms with Gasteiger partial charge in [-0.2, -0.15) is 5.26 Å². The molecular formula is C26H23F2N5O4. The highest BCUT2D eigenvalue weighted by atomic mass is 19.2. The van der Waals surface area contributed by atoms with Crippen LogP contribution in [0.3, 0.4) is 0 Å². The molecular weight excluding hydrogens is 484 g/mol. The van der Waals surface area contributed by atoms with Gasteiger partial charge < -0.3 is 24.5 Å². The summed E-state index contributed by atoms with van der Waals surface area (Å²) in [6.45, 7) is 3.80. The Hall–Kier alpha value is -4.72. The monoisotopic (exact) mass is 507 g/mol. The summed E-state index contributed by atoms with van der Waals surface area (Å²) < 4.78 is 40.5. The minimum Gasteiger partial charge on any atom is -0.490 e. The third kappa shape index (κ3) is 5.43. The molecule has 4 rings (SSSR count). The molecule has 190 valence electrons. The molecule has 0 atom stereocenters. The van der Waals surface area contributed by atoms with Crippen LogP contribution in [0.2, 0.25) is 0 Å². The SMILES string of the molecule is CCOc1cc(-c2cc(NCCn3c(C#N)cc4c(C)c(F)c(F)cc43)ncn2)ccc1OCC(=O)O. The number of aliphatic carboxylic acids is 1. The van der Waals surface area contributed by atoms with Gasteiger partial charge in [-0.3, -0.25) is 0 Å². The van der Waals surface area contributed by atoms with Crippen molar-refractivity contribution in [1.82, 2.24) is 14.5 Å². The molecule has 0 aliphatic carbocycles. The third-order valence-electron chi connectivity index (χ3n) is 5.66. The highest BCUT2D eigenvalue weighted by Gasteiger charge is 2.17. The lowest BCUT2D eigenvalue weighted by molar-refractivity contribution is -0.139.